The summed E-state index contributed by atoms with van der Waals surface area (Å²) >= 11 is 5.85. The number of anilines is 1. The molecule has 3 N–H and O–H groups in total. The van der Waals surface area contributed by atoms with Gasteiger partial charge in [0.25, 0.3) is 5.91 Å². The van der Waals surface area contributed by atoms with Gasteiger partial charge in [0, 0.05) is 11.8 Å². The van der Waals surface area contributed by atoms with Gasteiger partial charge >= 0.3 is 0 Å². The van der Waals surface area contributed by atoms with E-state index in [4.69, 9.17) is 11.6 Å². The molecule has 22 heavy (non-hydrogen) atoms. The van der Waals surface area contributed by atoms with E-state index in [1.54, 1.807) is 24.4 Å². The third-order valence-electron chi connectivity index (χ3n) is 3.16. The molecule has 0 aliphatic rings. The van der Waals surface area contributed by atoms with Gasteiger partial charge < -0.3 is 10.6 Å². The van der Waals surface area contributed by atoms with Crippen molar-refractivity contribution >= 4 is 23.2 Å². The smallest absolute Gasteiger partial charge is 0.279 e. The number of pyridine rings is 1. The maximum atomic E-state index is 13.2. The molecule has 2 rings (SSSR count). The van der Waals surface area contributed by atoms with E-state index in [9.17, 15) is 13.6 Å². The van der Waals surface area contributed by atoms with Crippen molar-refractivity contribution in [2.45, 2.75) is 13.0 Å². The lowest BCUT2D eigenvalue weighted by atomic mass is 10.1. The van der Waals surface area contributed by atoms with Gasteiger partial charge in [-0.1, -0.05) is 11.6 Å². The number of carbonyl (C=O) groups excluding carboxylic acids is 1. The number of benzene rings is 1. The number of nitrogens with zero attached hydrogens (tertiary/aromatic N) is 1. The Morgan fingerprint density at radius 3 is 2.82 bits per heavy atom. The fourth-order valence-corrected chi connectivity index (χ4v) is 2.06. The first-order chi connectivity index (χ1) is 10.5. The largest absolute Gasteiger partial charge is 0.333 e. The summed E-state index contributed by atoms with van der Waals surface area (Å²) in [5.74, 6) is -2.05. The summed E-state index contributed by atoms with van der Waals surface area (Å²) in [6.45, 7) is 1.92. The van der Waals surface area contributed by atoms with Crippen molar-refractivity contribution < 1.29 is 18.9 Å². The second-order valence-electron chi connectivity index (χ2n) is 4.79. The number of nitrogens with one attached hydrogen (secondary N) is 1. The van der Waals surface area contributed by atoms with Gasteiger partial charge in [0.15, 0.2) is 23.3 Å². The van der Waals surface area contributed by atoms with Crippen LogP contribution in [0.15, 0.2) is 36.5 Å². The van der Waals surface area contributed by atoms with Crippen LogP contribution in [0.5, 0.6) is 0 Å². The molecule has 1 aromatic carbocycles. The SMILES string of the molecule is C[C@@H]([NH2+]CC(=O)Nc1cccnc1Cl)c1ccc(F)c(F)c1. The molecule has 0 spiro atoms. The van der Waals surface area contributed by atoms with Crippen LogP contribution in [0.4, 0.5) is 14.5 Å². The average molecular weight is 327 g/mol. The molecule has 116 valence electrons. The number of hydrogen-bond acceptors (Lipinski definition) is 2. The Morgan fingerprint density at radius 2 is 2.14 bits per heavy atom. The molecule has 0 saturated heterocycles. The van der Waals surface area contributed by atoms with E-state index in [1.807, 2.05) is 0 Å². The van der Waals surface area contributed by atoms with Crippen LogP contribution < -0.4 is 10.6 Å². The maximum absolute atomic E-state index is 13.2. The van der Waals surface area contributed by atoms with Crippen molar-refractivity contribution in [3.63, 3.8) is 0 Å². The number of amides is 1. The highest BCUT2D eigenvalue weighted by molar-refractivity contribution is 6.32. The lowest BCUT2D eigenvalue weighted by Crippen LogP contribution is -2.86. The highest BCUT2D eigenvalue weighted by Gasteiger charge is 2.14. The Balaban J connectivity index is 1.90. The molecule has 1 atom stereocenters. The van der Waals surface area contributed by atoms with Gasteiger partial charge in [-0.2, -0.15) is 0 Å². The second-order valence-corrected chi connectivity index (χ2v) is 5.15. The van der Waals surface area contributed by atoms with Gasteiger partial charge in [0.05, 0.1) is 5.69 Å². The number of halogens is 3. The number of quaternary nitrogens is 1. The van der Waals surface area contributed by atoms with Gasteiger partial charge in [-0.25, -0.2) is 13.8 Å². The monoisotopic (exact) mass is 326 g/mol. The molecule has 0 aliphatic heterocycles. The lowest BCUT2D eigenvalue weighted by molar-refractivity contribution is -0.682. The van der Waals surface area contributed by atoms with Gasteiger partial charge in [-0.05, 0) is 37.3 Å². The number of nitrogens with two attached hydrogens (primary N) is 1. The minimum atomic E-state index is -0.899. The molecule has 1 aromatic heterocycles. The summed E-state index contributed by atoms with van der Waals surface area (Å²) in [4.78, 5) is 15.7. The van der Waals surface area contributed by atoms with Gasteiger partial charge in [-0.3, -0.25) is 4.79 Å². The Labute approximate surface area is 131 Å². The van der Waals surface area contributed by atoms with Crippen LogP contribution in [0.2, 0.25) is 5.15 Å². The molecule has 7 heteroatoms. The molecule has 0 radical (unpaired) electrons. The molecule has 0 bridgehead atoms. The molecule has 0 unspecified atom stereocenters. The highest BCUT2D eigenvalue weighted by atomic mass is 35.5. The third-order valence-corrected chi connectivity index (χ3v) is 3.46. The summed E-state index contributed by atoms with van der Waals surface area (Å²) in [7, 11) is 0. The van der Waals surface area contributed by atoms with Gasteiger partial charge in [-0.15, -0.1) is 0 Å². The third kappa shape index (κ3) is 4.22. The van der Waals surface area contributed by atoms with Crippen LogP contribution in [0, 0.1) is 11.6 Å². The fourth-order valence-electron chi connectivity index (χ4n) is 1.90. The van der Waals surface area contributed by atoms with Gasteiger partial charge in [0.2, 0.25) is 0 Å². The van der Waals surface area contributed by atoms with Crippen LogP contribution in [0.25, 0.3) is 0 Å². The Hall–Kier alpha value is -2.05. The van der Waals surface area contributed by atoms with Crippen molar-refractivity contribution in [1.29, 1.82) is 0 Å². The predicted octanol–water partition coefficient (Wildman–Crippen LogP) is 2.28. The van der Waals surface area contributed by atoms with Crippen LogP contribution in [-0.2, 0) is 4.79 Å². The normalized spacial score (nSPS) is 12.0. The first kappa shape index (κ1) is 16.3. The Bertz CT molecular complexity index is 682. The van der Waals surface area contributed by atoms with Crippen molar-refractivity contribution in [1.82, 2.24) is 4.98 Å². The molecule has 0 fully saturated rings. The van der Waals surface area contributed by atoms with Crippen LogP contribution in [0.1, 0.15) is 18.5 Å². The molecule has 2 aromatic rings. The molecule has 1 heterocycles. The Kier molecular flexibility index (Phi) is 5.41. The quantitative estimate of drug-likeness (QED) is 0.828. The number of aromatic nitrogens is 1. The number of hydrogen-bond donors (Lipinski definition) is 2. The minimum absolute atomic E-state index is 0.116. The molecular weight excluding hydrogens is 312 g/mol. The minimum Gasteiger partial charge on any atom is -0.333 e. The average Bonchev–Trinajstić information content (AvgIpc) is 2.50. The number of carbonyl (C=O) groups is 1. The summed E-state index contributed by atoms with van der Waals surface area (Å²) in [6.07, 6.45) is 1.52. The summed E-state index contributed by atoms with van der Waals surface area (Å²) in [5.41, 5.74) is 1.04. The van der Waals surface area contributed by atoms with Crippen LogP contribution in [0.3, 0.4) is 0 Å². The van der Waals surface area contributed by atoms with Crippen molar-refractivity contribution in [3.8, 4) is 0 Å². The van der Waals surface area contributed by atoms with Crippen molar-refractivity contribution in [2.75, 3.05) is 11.9 Å². The predicted molar refractivity (Wildman–Crippen MR) is 79.4 cm³/mol. The molecule has 4 nitrogen and oxygen atoms in total. The summed E-state index contributed by atoms with van der Waals surface area (Å²) < 4.78 is 26.1. The molecule has 1 amide bonds. The van der Waals surface area contributed by atoms with Gasteiger partial charge in [0.1, 0.15) is 6.04 Å². The first-order valence-corrected chi connectivity index (χ1v) is 7.04. The Morgan fingerprint density at radius 1 is 1.36 bits per heavy atom. The van der Waals surface area contributed by atoms with E-state index in [0.717, 1.165) is 12.1 Å². The van der Waals surface area contributed by atoms with Crippen molar-refractivity contribution in [2.24, 2.45) is 0 Å². The van der Waals surface area contributed by atoms with Crippen LogP contribution >= 0.6 is 11.6 Å². The van der Waals surface area contributed by atoms with E-state index in [2.05, 4.69) is 10.3 Å². The summed E-state index contributed by atoms with van der Waals surface area (Å²) in [5, 5.41) is 4.57. The zero-order valence-electron chi connectivity index (χ0n) is 11.8. The summed E-state index contributed by atoms with van der Waals surface area (Å²) in [6, 6.07) is 6.82. The molecular formula is C15H15ClF2N3O+. The highest BCUT2D eigenvalue weighted by Crippen LogP contribution is 2.17. The second kappa shape index (κ2) is 7.29. The van der Waals surface area contributed by atoms with E-state index < -0.39 is 11.6 Å². The topological polar surface area (TPSA) is 58.6 Å². The van der Waals surface area contributed by atoms with E-state index >= 15 is 0 Å². The zero-order valence-corrected chi connectivity index (χ0v) is 12.6. The van der Waals surface area contributed by atoms with E-state index in [1.165, 1.54) is 12.3 Å². The maximum Gasteiger partial charge on any atom is 0.279 e. The number of rotatable bonds is 5. The van der Waals surface area contributed by atoms with E-state index in [0.29, 0.717) is 11.3 Å². The van der Waals surface area contributed by atoms with Crippen molar-refractivity contribution in [3.05, 3.63) is 58.9 Å². The molecule has 0 aliphatic carbocycles. The lowest BCUT2D eigenvalue weighted by Gasteiger charge is -2.11. The van der Waals surface area contributed by atoms with Crippen LogP contribution in [-0.4, -0.2) is 17.4 Å². The fraction of sp³-hybridized carbons (Fsp3) is 0.200. The van der Waals surface area contributed by atoms with E-state index in [-0.39, 0.29) is 23.6 Å². The first-order valence-electron chi connectivity index (χ1n) is 6.66. The standard InChI is InChI=1S/C15H14ClF2N3O/c1-9(10-4-5-11(17)12(18)7-10)20-8-14(22)21-13-3-2-6-19-15(13)16/h2-7,9,20H,8H2,1H3,(H,21,22)/p+1/t9-/m1/s1. The zero-order chi connectivity index (χ0) is 16.1. The molecule has 0 saturated carbocycles.